The van der Waals surface area contributed by atoms with Crippen LogP contribution in [0.4, 0.5) is 0 Å². The summed E-state index contributed by atoms with van der Waals surface area (Å²) in [6.07, 6.45) is 0.697. The number of ether oxygens (including phenoxy) is 1. The van der Waals surface area contributed by atoms with Crippen molar-refractivity contribution in [3.05, 3.63) is 65.2 Å². The number of aryl methyl sites for hydroxylation is 1. The van der Waals surface area contributed by atoms with Crippen molar-refractivity contribution < 1.29 is 14.3 Å². The number of benzene rings is 2. The van der Waals surface area contributed by atoms with Crippen molar-refractivity contribution in [3.63, 3.8) is 0 Å². The minimum atomic E-state index is -0.470. The molecular formula is C15H12O3. The van der Waals surface area contributed by atoms with Gasteiger partial charge >= 0.3 is 5.97 Å². The number of esters is 1. The zero-order valence-corrected chi connectivity index (χ0v) is 9.92. The van der Waals surface area contributed by atoms with Crippen molar-refractivity contribution in [2.45, 2.75) is 6.92 Å². The van der Waals surface area contributed by atoms with Gasteiger partial charge in [0.2, 0.25) is 0 Å². The van der Waals surface area contributed by atoms with Crippen molar-refractivity contribution in [1.29, 1.82) is 0 Å². The van der Waals surface area contributed by atoms with Gasteiger partial charge in [-0.25, -0.2) is 4.79 Å². The molecule has 18 heavy (non-hydrogen) atoms. The van der Waals surface area contributed by atoms with E-state index < -0.39 is 5.97 Å². The molecule has 0 aliphatic carbocycles. The maximum Gasteiger partial charge on any atom is 0.343 e. The van der Waals surface area contributed by atoms with Crippen LogP contribution in [0.1, 0.15) is 26.3 Å². The molecule has 0 atom stereocenters. The van der Waals surface area contributed by atoms with Gasteiger partial charge in [0.15, 0.2) is 0 Å². The van der Waals surface area contributed by atoms with Crippen LogP contribution in [0.15, 0.2) is 48.5 Å². The van der Waals surface area contributed by atoms with Gasteiger partial charge < -0.3 is 4.74 Å². The number of rotatable bonds is 3. The van der Waals surface area contributed by atoms with Gasteiger partial charge in [0.1, 0.15) is 12.0 Å². The molecule has 0 fully saturated rings. The standard InChI is InChI=1S/C15H12O3/c1-11-5-7-14(8-6-11)18-15(17)13-4-2-3-12(9-13)10-16/h2-10H,1H3. The molecule has 0 aromatic heterocycles. The van der Waals surface area contributed by atoms with Crippen LogP contribution in [0.3, 0.4) is 0 Å². The first-order chi connectivity index (χ1) is 8.69. The maximum absolute atomic E-state index is 11.8. The van der Waals surface area contributed by atoms with Crippen LogP contribution in [0, 0.1) is 6.92 Å². The Labute approximate surface area is 105 Å². The van der Waals surface area contributed by atoms with Gasteiger partial charge in [-0.1, -0.05) is 29.8 Å². The summed E-state index contributed by atoms with van der Waals surface area (Å²) in [6.45, 7) is 1.96. The van der Waals surface area contributed by atoms with E-state index in [9.17, 15) is 9.59 Å². The van der Waals surface area contributed by atoms with Gasteiger partial charge in [0.25, 0.3) is 0 Å². The van der Waals surface area contributed by atoms with E-state index >= 15 is 0 Å². The summed E-state index contributed by atoms with van der Waals surface area (Å²) < 4.78 is 5.20. The van der Waals surface area contributed by atoms with E-state index in [1.54, 1.807) is 30.3 Å². The van der Waals surface area contributed by atoms with Crippen LogP contribution >= 0.6 is 0 Å². The molecule has 2 aromatic carbocycles. The molecule has 0 unspecified atom stereocenters. The van der Waals surface area contributed by atoms with Gasteiger partial charge in [-0.2, -0.15) is 0 Å². The Bertz CT molecular complexity index is 571. The Hall–Kier alpha value is -2.42. The molecule has 0 saturated carbocycles. The average molecular weight is 240 g/mol. The van der Waals surface area contributed by atoms with Crippen molar-refractivity contribution in [2.75, 3.05) is 0 Å². The molecule has 0 aliphatic rings. The lowest BCUT2D eigenvalue weighted by molar-refractivity contribution is 0.0734. The fourth-order valence-electron chi connectivity index (χ4n) is 1.51. The third-order valence-electron chi connectivity index (χ3n) is 2.49. The van der Waals surface area contributed by atoms with E-state index in [2.05, 4.69) is 0 Å². The summed E-state index contributed by atoms with van der Waals surface area (Å²) in [5, 5.41) is 0. The van der Waals surface area contributed by atoms with Crippen LogP contribution in [0.25, 0.3) is 0 Å². The maximum atomic E-state index is 11.8. The van der Waals surface area contributed by atoms with Gasteiger partial charge in [0.05, 0.1) is 5.56 Å². The lowest BCUT2D eigenvalue weighted by atomic mass is 10.1. The van der Waals surface area contributed by atoms with Gasteiger partial charge in [-0.15, -0.1) is 0 Å². The first-order valence-corrected chi connectivity index (χ1v) is 5.53. The molecule has 3 nitrogen and oxygen atoms in total. The van der Waals surface area contributed by atoms with Gasteiger partial charge in [-0.05, 0) is 31.2 Å². The average Bonchev–Trinajstić information content (AvgIpc) is 2.41. The third-order valence-corrected chi connectivity index (χ3v) is 2.49. The molecule has 2 rings (SSSR count). The highest BCUT2D eigenvalue weighted by molar-refractivity contribution is 5.92. The number of aldehydes is 1. The van der Waals surface area contributed by atoms with Crippen LogP contribution < -0.4 is 4.74 Å². The lowest BCUT2D eigenvalue weighted by Gasteiger charge is -2.04. The number of carbonyl (C=O) groups is 2. The summed E-state index contributed by atoms with van der Waals surface area (Å²) in [6, 6.07) is 13.6. The first-order valence-electron chi connectivity index (χ1n) is 5.53. The largest absolute Gasteiger partial charge is 0.423 e. The van der Waals surface area contributed by atoms with Crippen LogP contribution in [0.5, 0.6) is 5.75 Å². The highest BCUT2D eigenvalue weighted by atomic mass is 16.5. The zero-order chi connectivity index (χ0) is 13.0. The van der Waals surface area contributed by atoms with E-state index in [1.807, 2.05) is 19.1 Å². The second kappa shape index (κ2) is 5.27. The van der Waals surface area contributed by atoms with Crippen molar-refractivity contribution in [2.24, 2.45) is 0 Å². The number of hydrogen-bond acceptors (Lipinski definition) is 3. The number of carbonyl (C=O) groups excluding carboxylic acids is 2. The van der Waals surface area contributed by atoms with Crippen molar-refractivity contribution in [1.82, 2.24) is 0 Å². The molecule has 0 amide bonds. The Balaban J connectivity index is 2.16. The lowest BCUT2D eigenvalue weighted by Crippen LogP contribution is -2.08. The minimum Gasteiger partial charge on any atom is -0.423 e. The monoisotopic (exact) mass is 240 g/mol. The Morgan fingerprint density at radius 3 is 2.50 bits per heavy atom. The third kappa shape index (κ3) is 2.83. The topological polar surface area (TPSA) is 43.4 Å². The summed E-state index contributed by atoms with van der Waals surface area (Å²) in [4.78, 5) is 22.5. The van der Waals surface area contributed by atoms with Crippen LogP contribution in [-0.4, -0.2) is 12.3 Å². The molecule has 2 aromatic rings. The Kier molecular flexibility index (Phi) is 3.53. The van der Waals surface area contributed by atoms with E-state index in [1.165, 1.54) is 6.07 Å². The molecule has 0 spiro atoms. The highest BCUT2D eigenvalue weighted by Crippen LogP contribution is 2.14. The van der Waals surface area contributed by atoms with Gasteiger partial charge in [-0.3, -0.25) is 4.79 Å². The predicted octanol–water partition coefficient (Wildman–Crippen LogP) is 3.03. The Morgan fingerprint density at radius 2 is 1.83 bits per heavy atom. The molecule has 0 heterocycles. The van der Waals surface area contributed by atoms with E-state index in [4.69, 9.17) is 4.74 Å². The quantitative estimate of drug-likeness (QED) is 0.470. The van der Waals surface area contributed by atoms with E-state index in [0.29, 0.717) is 23.2 Å². The summed E-state index contributed by atoms with van der Waals surface area (Å²) in [7, 11) is 0. The van der Waals surface area contributed by atoms with Crippen LogP contribution in [-0.2, 0) is 0 Å². The fourth-order valence-corrected chi connectivity index (χ4v) is 1.51. The normalized spacial score (nSPS) is 9.83. The predicted molar refractivity (Wildman–Crippen MR) is 68.0 cm³/mol. The smallest absolute Gasteiger partial charge is 0.343 e. The minimum absolute atomic E-state index is 0.361. The van der Waals surface area contributed by atoms with E-state index in [0.717, 1.165) is 5.56 Å². The molecule has 0 saturated heterocycles. The van der Waals surface area contributed by atoms with E-state index in [-0.39, 0.29) is 0 Å². The molecule has 90 valence electrons. The second-order valence-corrected chi connectivity index (χ2v) is 3.95. The number of hydrogen-bond donors (Lipinski definition) is 0. The highest BCUT2D eigenvalue weighted by Gasteiger charge is 2.08. The van der Waals surface area contributed by atoms with Crippen LogP contribution in [0.2, 0.25) is 0 Å². The summed E-state index contributed by atoms with van der Waals surface area (Å²) >= 11 is 0. The fraction of sp³-hybridized carbons (Fsp3) is 0.0667. The molecule has 0 aliphatic heterocycles. The van der Waals surface area contributed by atoms with Gasteiger partial charge in [0, 0.05) is 5.56 Å². The second-order valence-electron chi connectivity index (χ2n) is 3.95. The first kappa shape index (κ1) is 12.0. The molecule has 3 heteroatoms. The molecular weight excluding hydrogens is 228 g/mol. The summed E-state index contributed by atoms with van der Waals surface area (Å²) in [5.74, 6) is 0.0182. The Morgan fingerprint density at radius 1 is 1.11 bits per heavy atom. The van der Waals surface area contributed by atoms with Crippen molar-refractivity contribution in [3.8, 4) is 5.75 Å². The molecule has 0 bridgehead atoms. The zero-order valence-electron chi connectivity index (χ0n) is 9.92. The SMILES string of the molecule is Cc1ccc(OC(=O)c2cccc(C=O)c2)cc1. The molecule has 0 radical (unpaired) electrons. The summed E-state index contributed by atoms with van der Waals surface area (Å²) in [5.41, 5.74) is 1.91. The molecule has 0 N–H and O–H groups in total. The van der Waals surface area contributed by atoms with Crippen molar-refractivity contribution >= 4 is 12.3 Å².